The van der Waals surface area contributed by atoms with Gasteiger partial charge in [-0.2, -0.15) is 5.10 Å². The number of carbonyl (C=O) groups is 1. The lowest BCUT2D eigenvalue weighted by Crippen LogP contribution is -2.21. The van der Waals surface area contributed by atoms with Crippen LogP contribution in [-0.2, 0) is 11.2 Å². The molecule has 0 amide bonds. The average molecular weight is 249 g/mol. The van der Waals surface area contributed by atoms with Crippen molar-refractivity contribution in [3.8, 4) is 0 Å². The molecule has 0 bridgehead atoms. The first-order valence-electron chi connectivity index (χ1n) is 6.98. The van der Waals surface area contributed by atoms with Crippen LogP contribution in [0.1, 0.15) is 51.3 Å². The Morgan fingerprint density at radius 2 is 2.39 bits per heavy atom. The van der Waals surface area contributed by atoms with E-state index >= 15 is 0 Å². The molecule has 0 spiro atoms. The Morgan fingerprint density at radius 3 is 3.06 bits per heavy atom. The molecule has 1 aliphatic rings. The first-order chi connectivity index (χ1) is 8.69. The van der Waals surface area contributed by atoms with Gasteiger partial charge in [0.1, 0.15) is 5.78 Å². The maximum atomic E-state index is 11.8. The lowest BCUT2D eigenvalue weighted by Gasteiger charge is -2.08. The van der Waals surface area contributed by atoms with Gasteiger partial charge < -0.3 is 5.32 Å². The lowest BCUT2D eigenvalue weighted by molar-refractivity contribution is -0.118. The van der Waals surface area contributed by atoms with Crippen molar-refractivity contribution in [2.75, 3.05) is 6.54 Å². The van der Waals surface area contributed by atoms with Crippen molar-refractivity contribution in [2.24, 2.45) is 0 Å². The molecule has 2 rings (SSSR count). The van der Waals surface area contributed by atoms with Gasteiger partial charge in [-0.3, -0.25) is 9.48 Å². The van der Waals surface area contributed by atoms with E-state index in [-0.39, 0.29) is 5.78 Å². The van der Waals surface area contributed by atoms with Crippen LogP contribution in [0.3, 0.4) is 0 Å². The summed E-state index contributed by atoms with van der Waals surface area (Å²) >= 11 is 0. The molecule has 1 aromatic heterocycles. The Morgan fingerprint density at radius 1 is 1.61 bits per heavy atom. The molecule has 18 heavy (non-hydrogen) atoms. The third-order valence-corrected chi connectivity index (χ3v) is 3.50. The van der Waals surface area contributed by atoms with Gasteiger partial charge in [0.15, 0.2) is 0 Å². The van der Waals surface area contributed by atoms with Crippen LogP contribution < -0.4 is 5.32 Å². The van der Waals surface area contributed by atoms with Crippen molar-refractivity contribution in [3.63, 3.8) is 0 Å². The van der Waals surface area contributed by atoms with Gasteiger partial charge in [-0.1, -0.05) is 6.92 Å². The molecule has 1 unspecified atom stereocenters. The van der Waals surface area contributed by atoms with Crippen molar-refractivity contribution in [1.29, 1.82) is 0 Å². The number of nitrogens with one attached hydrogen (secondary N) is 1. The largest absolute Gasteiger partial charge is 0.314 e. The van der Waals surface area contributed by atoms with Crippen LogP contribution in [0.5, 0.6) is 0 Å². The molecule has 4 nitrogen and oxygen atoms in total. The van der Waals surface area contributed by atoms with Crippen molar-refractivity contribution in [2.45, 2.75) is 58.0 Å². The minimum Gasteiger partial charge on any atom is -0.314 e. The highest BCUT2D eigenvalue weighted by atomic mass is 16.1. The van der Waals surface area contributed by atoms with Gasteiger partial charge in [0.2, 0.25) is 0 Å². The smallest absolute Gasteiger partial charge is 0.140 e. The molecule has 0 saturated heterocycles. The number of rotatable bonds is 8. The summed E-state index contributed by atoms with van der Waals surface area (Å²) in [5, 5.41) is 7.81. The fraction of sp³-hybridized carbons (Fsp3) is 0.714. The third-order valence-electron chi connectivity index (χ3n) is 3.50. The minimum absolute atomic E-state index is 0.276. The van der Waals surface area contributed by atoms with Crippen LogP contribution in [0.4, 0.5) is 0 Å². The molecule has 100 valence electrons. The van der Waals surface area contributed by atoms with Crippen LogP contribution >= 0.6 is 0 Å². The van der Waals surface area contributed by atoms with Gasteiger partial charge in [0, 0.05) is 31.2 Å². The van der Waals surface area contributed by atoms with Crippen LogP contribution in [0.25, 0.3) is 0 Å². The van der Waals surface area contributed by atoms with E-state index in [1.54, 1.807) is 0 Å². The molecule has 0 aromatic carbocycles. The summed E-state index contributed by atoms with van der Waals surface area (Å²) in [6.07, 6.45) is 6.66. The van der Waals surface area contributed by atoms with E-state index in [4.69, 9.17) is 0 Å². The zero-order valence-electron chi connectivity index (χ0n) is 11.4. The monoisotopic (exact) mass is 249 g/mol. The number of hydrogen-bond acceptors (Lipinski definition) is 3. The summed E-state index contributed by atoms with van der Waals surface area (Å²) in [4.78, 5) is 11.8. The maximum absolute atomic E-state index is 11.8. The number of aromatic nitrogens is 2. The predicted molar refractivity (Wildman–Crippen MR) is 71.6 cm³/mol. The van der Waals surface area contributed by atoms with Gasteiger partial charge in [-0.25, -0.2) is 0 Å². The summed E-state index contributed by atoms with van der Waals surface area (Å²) in [5.41, 5.74) is 0.895. The predicted octanol–water partition coefficient (Wildman–Crippen LogP) is 2.11. The zero-order valence-corrected chi connectivity index (χ0v) is 11.4. The quantitative estimate of drug-likeness (QED) is 0.767. The van der Waals surface area contributed by atoms with Crippen molar-refractivity contribution in [3.05, 3.63) is 18.0 Å². The molecular formula is C14H23N3O. The van der Waals surface area contributed by atoms with E-state index in [1.807, 2.05) is 16.9 Å². The van der Waals surface area contributed by atoms with E-state index < -0.39 is 0 Å². The highest BCUT2D eigenvalue weighted by Crippen LogP contribution is 2.18. The second-order valence-corrected chi connectivity index (χ2v) is 5.24. The molecule has 1 fully saturated rings. The van der Waals surface area contributed by atoms with Crippen molar-refractivity contribution in [1.82, 2.24) is 15.1 Å². The summed E-state index contributed by atoms with van der Waals surface area (Å²) in [6.45, 7) is 5.09. The van der Waals surface area contributed by atoms with Crippen LogP contribution in [0.2, 0.25) is 0 Å². The van der Waals surface area contributed by atoms with Gasteiger partial charge in [-0.05, 0) is 32.3 Å². The van der Waals surface area contributed by atoms with Crippen LogP contribution in [0.15, 0.2) is 12.3 Å². The Kier molecular flexibility index (Phi) is 4.53. The highest BCUT2D eigenvalue weighted by Gasteiger charge is 2.20. The molecule has 1 saturated carbocycles. The van der Waals surface area contributed by atoms with E-state index in [2.05, 4.69) is 24.3 Å². The fourth-order valence-electron chi connectivity index (χ4n) is 1.90. The molecular weight excluding hydrogens is 226 g/mol. The molecule has 4 heteroatoms. The normalized spacial score (nSPS) is 16.8. The average Bonchev–Trinajstić information content (AvgIpc) is 3.06. The molecule has 1 atom stereocenters. The van der Waals surface area contributed by atoms with Gasteiger partial charge in [0.05, 0.1) is 12.1 Å². The Balaban J connectivity index is 1.73. The fourth-order valence-corrected chi connectivity index (χ4v) is 1.90. The first-order valence-corrected chi connectivity index (χ1v) is 6.98. The zero-order chi connectivity index (χ0) is 13.0. The number of carbonyl (C=O) groups excluding carboxylic acids is 1. The van der Waals surface area contributed by atoms with E-state index in [0.29, 0.717) is 24.9 Å². The highest BCUT2D eigenvalue weighted by molar-refractivity contribution is 5.80. The molecule has 1 heterocycles. The molecule has 1 aromatic rings. The van der Waals surface area contributed by atoms with E-state index in [1.165, 1.54) is 12.8 Å². The van der Waals surface area contributed by atoms with Crippen LogP contribution in [-0.4, -0.2) is 28.2 Å². The Bertz CT molecular complexity index is 395. The number of hydrogen-bond donors (Lipinski definition) is 1. The van der Waals surface area contributed by atoms with E-state index in [9.17, 15) is 4.79 Å². The summed E-state index contributed by atoms with van der Waals surface area (Å²) in [7, 11) is 0. The molecule has 0 aliphatic heterocycles. The summed E-state index contributed by atoms with van der Waals surface area (Å²) in [5.74, 6) is 0.276. The van der Waals surface area contributed by atoms with Crippen molar-refractivity contribution < 1.29 is 4.79 Å². The van der Waals surface area contributed by atoms with Gasteiger partial charge in [0.25, 0.3) is 0 Å². The molecule has 1 N–H and O–H groups in total. The standard InChI is InChI=1S/C14H23N3O/c1-3-11(2)17-9-7-13(16-17)10-14(18)6-8-15-12-4-5-12/h7,9,11-12,15H,3-6,8,10H2,1-2H3. The second-order valence-electron chi connectivity index (χ2n) is 5.24. The van der Waals surface area contributed by atoms with Crippen LogP contribution in [0, 0.1) is 0 Å². The second kappa shape index (κ2) is 6.14. The lowest BCUT2D eigenvalue weighted by atomic mass is 10.2. The Hall–Kier alpha value is -1.16. The Labute approximate surface area is 109 Å². The minimum atomic E-state index is 0.276. The molecule has 1 aliphatic carbocycles. The van der Waals surface area contributed by atoms with Crippen molar-refractivity contribution >= 4 is 5.78 Å². The molecule has 0 radical (unpaired) electrons. The first kappa shape index (κ1) is 13.3. The summed E-state index contributed by atoms with van der Waals surface area (Å²) < 4.78 is 1.95. The number of Topliss-reactive ketones (excluding diaryl/α,β-unsaturated/α-hetero) is 1. The topological polar surface area (TPSA) is 46.9 Å². The third kappa shape index (κ3) is 3.95. The SMILES string of the molecule is CCC(C)n1ccc(CC(=O)CCNC2CC2)n1. The maximum Gasteiger partial charge on any atom is 0.140 e. The number of nitrogens with zero attached hydrogens (tertiary/aromatic N) is 2. The summed E-state index contributed by atoms with van der Waals surface area (Å²) in [6, 6.07) is 3.05. The van der Waals surface area contributed by atoms with Gasteiger partial charge >= 0.3 is 0 Å². The number of ketones is 1. The van der Waals surface area contributed by atoms with Gasteiger partial charge in [-0.15, -0.1) is 0 Å². The van der Waals surface area contributed by atoms with E-state index in [0.717, 1.165) is 18.7 Å².